The number of anilines is 1. The minimum atomic E-state index is -0.335. The first-order valence-electron chi connectivity index (χ1n) is 8.93. The monoisotopic (exact) mass is 326 g/mol. The smallest absolute Gasteiger partial charge is 0.250 e. The second kappa shape index (κ2) is 6.89. The second-order valence-corrected chi connectivity index (χ2v) is 6.99. The fraction of sp³-hybridized carbons (Fsp3) is 0.500. The van der Waals surface area contributed by atoms with E-state index in [1.165, 1.54) is 5.56 Å². The molecule has 0 N–H and O–H groups in total. The van der Waals surface area contributed by atoms with Crippen molar-refractivity contribution in [3.05, 3.63) is 50.3 Å². The molecule has 1 heterocycles. The minimum absolute atomic E-state index is 0.318. The number of hydrogen-bond donors (Lipinski definition) is 0. The van der Waals surface area contributed by atoms with Crippen LogP contribution in [0.5, 0.6) is 0 Å². The van der Waals surface area contributed by atoms with E-state index in [9.17, 15) is 9.59 Å². The molecule has 1 aliphatic heterocycles. The Morgan fingerprint density at radius 2 is 1.58 bits per heavy atom. The van der Waals surface area contributed by atoms with Crippen molar-refractivity contribution in [1.29, 1.82) is 0 Å². The summed E-state index contributed by atoms with van der Waals surface area (Å²) in [7, 11) is 0. The van der Waals surface area contributed by atoms with Crippen molar-refractivity contribution in [3.8, 4) is 11.1 Å². The van der Waals surface area contributed by atoms with E-state index in [4.69, 9.17) is 0 Å². The lowest BCUT2D eigenvalue weighted by Crippen LogP contribution is -2.51. The highest BCUT2D eigenvalue weighted by atomic mass is 16.2. The van der Waals surface area contributed by atoms with Gasteiger partial charge in [0.25, 0.3) is 0 Å². The Hall–Kier alpha value is -1.94. The molecule has 0 amide bonds. The van der Waals surface area contributed by atoms with Gasteiger partial charge < -0.3 is 4.90 Å². The molecule has 0 unspecified atom stereocenters. The maximum absolute atomic E-state index is 12.2. The molecule has 0 radical (unpaired) electrons. The highest BCUT2D eigenvalue weighted by Gasteiger charge is 2.29. The number of nitrogens with zero attached hydrogens (tertiary/aromatic N) is 2. The summed E-state index contributed by atoms with van der Waals surface area (Å²) in [5.74, 6) is 0.456. The van der Waals surface area contributed by atoms with E-state index in [2.05, 4.69) is 42.7 Å². The molecule has 4 heteroatoms. The molecule has 24 heavy (non-hydrogen) atoms. The molecule has 1 saturated heterocycles. The molecule has 3 rings (SSSR count). The Kier molecular flexibility index (Phi) is 4.86. The van der Waals surface area contributed by atoms with Gasteiger partial charge in [-0.1, -0.05) is 45.0 Å². The van der Waals surface area contributed by atoms with E-state index in [1.54, 1.807) is 0 Å². The first-order chi connectivity index (χ1) is 11.5. The van der Waals surface area contributed by atoms with Crippen molar-refractivity contribution in [2.45, 2.75) is 33.1 Å². The van der Waals surface area contributed by atoms with Gasteiger partial charge in [0.15, 0.2) is 0 Å². The third-order valence-corrected chi connectivity index (χ3v) is 4.98. The largest absolute Gasteiger partial charge is 0.365 e. The normalized spacial score (nSPS) is 16.2. The Morgan fingerprint density at radius 1 is 0.958 bits per heavy atom. The molecule has 2 aromatic carbocycles. The van der Waals surface area contributed by atoms with Gasteiger partial charge >= 0.3 is 0 Å². The molecule has 1 fully saturated rings. The summed E-state index contributed by atoms with van der Waals surface area (Å²) in [6.07, 6.45) is 1.15. The average molecular weight is 326 g/mol. The Bertz CT molecular complexity index is 762. The first-order valence-corrected chi connectivity index (χ1v) is 8.93. The van der Waals surface area contributed by atoms with Crippen LogP contribution < -0.4 is 15.8 Å². The number of piperazine rings is 1. The molecule has 0 saturated carbocycles. The van der Waals surface area contributed by atoms with E-state index >= 15 is 0 Å². The molecule has 1 aliphatic rings. The zero-order valence-electron chi connectivity index (χ0n) is 14.8. The summed E-state index contributed by atoms with van der Waals surface area (Å²) in [6, 6.07) is 8.06. The number of hydrogen-bond acceptors (Lipinski definition) is 4. The summed E-state index contributed by atoms with van der Waals surface area (Å²) in [5, 5.41) is 0. The van der Waals surface area contributed by atoms with E-state index < -0.39 is 0 Å². The molecule has 0 bridgehead atoms. The predicted octanol–water partition coefficient (Wildman–Crippen LogP) is 2.61. The lowest BCUT2D eigenvalue weighted by Gasteiger charge is -2.37. The lowest BCUT2D eigenvalue weighted by atomic mass is 9.94. The topological polar surface area (TPSA) is 40.6 Å². The molecular formula is C20H26N2O2. The second-order valence-electron chi connectivity index (χ2n) is 6.99. The quantitative estimate of drug-likeness (QED) is 0.792. The number of rotatable bonds is 5. The van der Waals surface area contributed by atoms with Gasteiger partial charge in [-0.25, -0.2) is 0 Å². The van der Waals surface area contributed by atoms with Crippen molar-refractivity contribution < 1.29 is 0 Å². The summed E-state index contributed by atoms with van der Waals surface area (Å²) >= 11 is 0. The van der Waals surface area contributed by atoms with E-state index in [0.29, 0.717) is 17.2 Å². The highest BCUT2D eigenvalue weighted by molar-refractivity contribution is 5.82. The SMILES string of the molecule is CCCN1CCN(c2c(-c3ccc(C(C)C)cc3)c(=O)c2=O)CC1. The van der Waals surface area contributed by atoms with Gasteiger partial charge in [-0.05, 0) is 30.0 Å². The van der Waals surface area contributed by atoms with Gasteiger partial charge in [-0.2, -0.15) is 0 Å². The average Bonchev–Trinajstić information content (AvgIpc) is 2.60. The van der Waals surface area contributed by atoms with Crippen molar-refractivity contribution >= 4 is 5.69 Å². The van der Waals surface area contributed by atoms with E-state index in [0.717, 1.165) is 44.7 Å². The van der Waals surface area contributed by atoms with Crippen molar-refractivity contribution in [1.82, 2.24) is 4.90 Å². The Labute approximate surface area is 143 Å². The van der Waals surface area contributed by atoms with E-state index in [1.807, 2.05) is 12.1 Å². The maximum Gasteiger partial charge on any atom is 0.250 e. The fourth-order valence-electron chi connectivity index (χ4n) is 3.50. The molecule has 0 aliphatic carbocycles. The maximum atomic E-state index is 12.2. The zero-order valence-corrected chi connectivity index (χ0v) is 14.8. The third-order valence-electron chi connectivity index (χ3n) is 4.98. The molecular weight excluding hydrogens is 300 g/mol. The minimum Gasteiger partial charge on any atom is -0.365 e. The van der Waals surface area contributed by atoms with Crippen molar-refractivity contribution in [2.75, 3.05) is 37.6 Å². The van der Waals surface area contributed by atoms with Crippen molar-refractivity contribution in [3.63, 3.8) is 0 Å². The van der Waals surface area contributed by atoms with Gasteiger partial charge in [0.05, 0.1) is 5.56 Å². The van der Waals surface area contributed by atoms with Gasteiger partial charge in [0.2, 0.25) is 10.9 Å². The molecule has 2 aromatic rings. The predicted molar refractivity (Wildman–Crippen MR) is 99.8 cm³/mol. The third kappa shape index (κ3) is 3.03. The van der Waals surface area contributed by atoms with Crippen LogP contribution in [-0.2, 0) is 0 Å². The van der Waals surface area contributed by atoms with Crippen LogP contribution in [0.3, 0.4) is 0 Å². The van der Waals surface area contributed by atoms with Crippen LogP contribution in [0.1, 0.15) is 38.7 Å². The summed E-state index contributed by atoms with van der Waals surface area (Å²) in [6.45, 7) is 11.1. The standard InChI is InChI=1S/C20H26N2O2/c1-4-9-21-10-12-22(13-11-21)18-17(19(23)20(18)24)16-7-5-15(6-8-16)14(2)3/h5-8,14H,4,9-13H2,1-3H3. The van der Waals surface area contributed by atoms with Gasteiger partial charge in [0, 0.05) is 26.2 Å². The van der Waals surface area contributed by atoms with Gasteiger partial charge in [-0.3, -0.25) is 14.5 Å². The van der Waals surface area contributed by atoms with Crippen LogP contribution in [0, 0.1) is 0 Å². The van der Waals surface area contributed by atoms with Gasteiger partial charge in [-0.15, -0.1) is 0 Å². The molecule has 0 atom stereocenters. The summed E-state index contributed by atoms with van der Waals surface area (Å²) < 4.78 is 0. The molecule has 0 aromatic heterocycles. The van der Waals surface area contributed by atoms with Crippen LogP contribution >= 0.6 is 0 Å². The molecule has 128 valence electrons. The van der Waals surface area contributed by atoms with Crippen LogP contribution in [-0.4, -0.2) is 37.6 Å². The lowest BCUT2D eigenvalue weighted by molar-refractivity contribution is 0.258. The Morgan fingerprint density at radius 3 is 2.12 bits per heavy atom. The van der Waals surface area contributed by atoms with Crippen LogP contribution in [0.2, 0.25) is 0 Å². The van der Waals surface area contributed by atoms with Crippen LogP contribution in [0.15, 0.2) is 33.9 Å². The van der Waals surface area contributed by atoms with Gasteiger partial charge in [0.1, 0.15) is 5.69 Å². The molecule has 4 nitrogen and oxygen atoms in total. The first kappa shape index (κ1) is 16.9. The van der Waals surface area contributed by atoms with Crippen molar-refractivity contribution in [2.24, 2.45) is 0 Å². The van der Waals surface area contributed by atoms with Crippen LogP contribution in [0.25, 0.3) is 11.1 Å². The zero-order chi connectivity index (χ0) is 17.3. The number of benzene rings is 1. The van der Waals surface area contributed by atoms with Crippen LogP contribution in [0.4, 0.5) is 5.69 Å². The summed E-state index contributed by atoms with van der Waals surface area (Å²) in [4.78, 5) is 28.8. The Balaban J connectivity index is 1.83. The highest BCUT2D eigenvalue weighted by Crippen LogP contribution is 2.28. The van der Waals surface area contributed by atoms with E-state index in [-0.39, 0.29) is 10.9 Å². The molecule has 0 spiro atoms. The summed E-state index contributed by atoms with van der Waals surface area (Å²) in [5.41, 5.74) is 2.70. The fourth-order valence-corrected chi connectivity index (χ4v) is 3.50.